The Hall–Kier alpha value is -3.14. The Morgan fingerprint density at radius 2 is 1.79 bits per heavy atom. The van der Waals surface area contributed by atoms with E-state index < -0.39 is 11.6 Å². The molecule has 1 aromatic heterocycles. The van der Waals surface area contributed by atoms with Gasteiger partial charge in [0, 0.05) is 23.6 Å². The van der Waals surface area contributed by atoms with E-state index >= 15 is 0 Å². The zero-order valence-corrected chi connectivity index (χ0v) is 13.4. The number of esters is 1. The molecule has 0 aliphatic rings. The molecular weight excluding hydrogens is 304 g/mol. The fourth-order valence-corrected chi connectivity index (χ4v) is 2.36. The number of hydrogen-bond donors (Lipinski definition) is 0. The Morgan fingerprint density at radius 1 is 1.04 bits per heavy atom. The Morgan fingerprint density at radius 3 is 2.54 bits per heavy atom. The van der Waals surface area contributed by atoms with Crippen molar-refractivity contribution < 1.29 is 13.9 Å². The Labute approximate surface area is 139 Å². The molecule has 0 bridgehead atoms. The fourth-order valence-electron chi connectivity index (χ4n) is 2.36. The van der Waals surface area contributed by atoms with E-state index in [0.717, 1.165) is 22.1 Å². The minimum absolute atomic E-state index is 0.329. The van der Waals surface area contributed by atoms with Gasteiger partial charge in [-0.3, -0.25) is 0 Å². The third kappa shape index (κ3) is 3.60. The summed E-state index contributed by atoms with van der Waals surface area (Å²) in [5, 5.41) is 0.810. The maximum atomic E-state index is 11.9. The summed E-state index contributed by atoms with van der Waals surface area (Å²) in [6.45, 7) is 3.83. The van der Waals surface area contributed by atoms with E-state index in [-0.39, 0.29) is 0 Å². The molecule has 3 rings (SSSR count). The first kappa shape index (κ1) is 15.7. The largest absolute Gasteiger partial charge is 0.423 e. The lowest BCUT2D eigenvalue weighted by atomic mass is 10.1. The first-order valence-electron chi connectivity index (χ1n) is 7.52. The molecule has 0 spiro atoms. The number of ether oxygens (including phenoxy) is 1. The molecule has 120 valence electrons. The summed E-state index contributed by atoms with van der Waals surface area (Å²) in [5.74, 6) is -0.167. The summed E-state index contributed by atoms with van der Waals surface area (Å²) >= 11 is 0. The third-order valence-electron chi connectivity index (χ3n) is 3.63. The standard InChI is InChI=1S/C20H16O4/c1-13-3-5-15(6-4-13)7-10-19(21)23-16-8-9-17-14(2)11-20(22)24-18(17)12-16/h3-12H,1-2H3/b10-7+. The molecule has 0 atom stereocenters. The minimum Gasteiger partial charge on any atom is -0.423 e. The summed E-state index contributed by atoms with van der Waals surface area (Å²) in [7, 11) is 0. The highest BCUT2D eigenvalue weighted by Crippen LogP contribution is 2.22. The van der Waals surface area contributed by atoms with Crippen LogP contribution in [0.25, 0.3) is 17.0 Å². The summed E-state index contributed by atoms with van der Waals surface area (Å²) in [6.07, 6.45) is 3.05. The van der Waals surface area contributed by atoms with Gasteiger partial charge in [-0.05, 0) is 43.2 Å². The topological polar surface area (TPSA) is 56.5 Å². The van der Waals surface area contributed by atoms with E-state index in [1.165, 1.54) is 12.1 Å². The zero-order valence-electron chi connectivity index (χ0n) is 13.4. The van der Waals surface area contributed by atoms with Crippen LogP contribution in [0.4, 0.5) is 0 Å². The molecular formula is C20H16O4. The normalized spacial score (nSPS) is 11.1. The van der Waals surface area contributed by atoms with E-state index in [2.05, 4.69) is 0 Å². The zero-order chi connectivity index (χ0) is 17.1. The van der Waals surface area contributed by atoms with Crippen molar-refractivity contribution in [2.24, 2.45) is 0 Å². The van der Waals surface area contributed by atoms with Crippen molar-refractivity contribution in [3.8, 4) is 5.75 Å². The number of hydrogen-bond acceptors (Lipinski definition) is 4. The lowest BCUT2D eigenvalue weighted by Crippen LogP contribution is -2.04. The molecule has 3 aromatic rings. The van der Waals surface area contributed by atoms with Crippen molar-refractivity contribution >= 4 is 23.0 Å². The highest BCUT2D eigenvalue weighted by atomic mass is 16.5. The molecule has 0 radical (unpaired) electrons. The number of aryl methyl sites for hydroxylation is 2. The van der Waals surface area contributed by atoms with Gasteiger partial charge in [-0.15, -0.1) is 0 Å². The first-order valence-corrected chi connectivity index (χ1v) is 7.52. The number of fused-ring (bicyclic) bond motifs is 1. The van der Waals surface area contributed by atoms with Crippen LogP contribution in [0.3, 0.4) is 0 Å². The lowest BCUT2D eigenvalue weighted by molar-refractivity contribution is -0.128. The van der Waals surface area contributed by atoms with E-state index in [0.29, 0.717) is 11.3 Å². The van der Waals surface area contributed by atoms with Crippen LogP contribution in [0.1, 0.15) is 16.7 Å². The van der Waals surface area contributed by atoms with Crippen LogP contribution in [0.2, 0.25) is 0 Å². The Bertz CT molecular complexity index is 979. The first-order chi connectivity index (χ1) is 11.5. The van der Waals surface area contributed by atoms with Gasteiger partial charge in [-0.2, -0.15) is 0 Å². The van der Waals surface area contributed by atoms with Gasteiger partial charge in [0.2, 0.25) is 0 Å². The molecule has 1 heterocycles. The average Bonchev–Trinajstić information content (AvgIpc) is 2.54. The van der Waals surface area contributed by atoms with Crippen molar-refractivity contribution in [2.75, 3.05) is 0 Å². The van der Waals surface area contributed by atoms with Crippen LogP contribution in [0.15, 0.2) is 63.8 Å². The summed E-state index contributed by atoms with van der Waals surface area (Å²) in [4.78, 5) is 23.4. The van der Waals surface area contributed by atoms with E-state index in [1.807, 2.05) is 38.1 Å². The van der Waals surface area contributed by atoms with Crippen molar-refractivity contribution in [3.05, 3.63) is 81.7 Å². The van der Waals surface area contributed by atoms with Crippen molar-refractivity contribution in [2.45, 2.75) is 13.8 Å². The number of carbonyl (C=O) groups is 1. The molecule has 0 aliphatic carbocycles. The predicted molar refractivity (Wildman–Crippen MR) is 93.1 cm³/mol. The molecule has 24 heavy (non-hydrogen) atoms. The van der Waals surface area contributed by atoms with Crippen molar-refractivity contribution in [3.63, 3.8) is 0 Å². The van der Waals surface area contributed by atoms with Gasteiger partial charge in [0.25, 0.3) is 0 Å². The second kappa shape index (κ2) is 6.54. The van der Waals surface area contributed by atoms with E-state index in [4.69, 9.17) is 9.15 Å². The molecule has 2 aromatic carbocycles. The van der Waals surface area contributed by atoms with Gasteiger partial charge in [0.05, 0.1) is 0 Å². The molecule has 0 amide bonds. The van der Waals surface area contributed by atoms with Crippen molar-refractivity contribution in [1.82, 2.24) is 0 Å². The van der Waals surface area contributed by atoms with Crippen LogP contribution < -0.4 is 10.4 Å². The molecule has 0 aliphatic heterocycles. The Balaban J connectivity index is 1.77. The van der Waals surface area contributed by atoms with Crippen LogP contribution in [0, 0.1) is 13.8 Å². The maximum Gasteiger partial charge on any atom is 0.336 e. The quantitative estimate of drug-likeness (QED) is 0.316. The van der Waals surface area contributed by atoms with E-state index in [9.17, 15) is 9.59 Å². The monoisotopic (exact) mass is 320 g/mol. The van der Waals surface area contributed by atoms with Crippen LogP contribution >= 0.6 is 0 Å². The Kier molecular flexibility index (Phi) is 4.29. The summed E-state index contributed by atoms with van der Waals surface area (Å²) in [5.41, 5.74) is 2.86. The number of carbonyl (C=O) groups excluding carboxylic acids is 1. The van der Waals surface area contributed by atoms with Crippen LogP contribution in [-0.2, 0) is 4.79 Å². The van der Waals surface area contributed by atoms with Gasteiger partial charge >= 0.3 is 11.6 Å². The molecule has 4 heteroatoms. The smallest absolute Gasteiger partial charge is 0.336 e. The average molecular weight is 320 g/mol. The van der Waals surface area contributed by atoms with Gasteiger partial charge in [-0.25, -0.2) is 9.59 Å². The van der Waals surface area contributed by atoms with Gasteiger partial charge in [-0.1, -0.05) is 29.8 Å². The summed E-state index contributed by atoms with van der Waals surface area (Å²) < 4.78 is 10.4. The number of benzene rings is 2. The second-order valence-corrected chi connectivity index (χ2v) is 5.57. The third-order valence-corrected chi connectivity index (χ3v) is 3.63. The van der Waals surface area contributed by atoms with Crippen LogP contribution in [0.5, 0.6) is 5.75 Å². The van der Waals surface area contributed by atoms with Crippen LogP contribution in [-0.4, -0.2) is 5.97 Å². The summed E-state index contributed by atoms with van der Waals surface area (Å²) in [6, 6.07) is 14.2. The maximum absolute atomic E-state index is 11.9. The molecule has 0 saturated heterocycles. The fraction of sp³-hybridized carbons (Fsp3) is 0.100. The molecule has 0 fully saturated rings. The highest BCUT2D eigenvalue weighted by Gasteiger charge is 2.06. The predicted octanol–water partition coefficient (Wildman–Crippen LogP) is 4.03. The minimum atomic E-state index is -0.495. The number of rotatable bonds is 3. The lowest BCUT2D eigenvalue weighted by Gasteiger charge is -2.04. The van der Waals surface area contributed by atoms with Gasteiger partial charge in [0.15, 0.2) is 0 Å². The molecule has 4 nitrogen and oxygen atoms in total. The van der Waals surface area contributed by atoms with Gasteiger partial charge in [0.1, 0.15) is 11.3 Å². The highest BCUT2D eigenvalue weighted by molar-refractivity contribution is 5.89. The molecule has 0 N–H and O–H groups in total. The molecule has 0 unspecified atom stereocenters. The second-order valence-electron chi connectivity index (χ2n) is 5.57. The van der Waals surface area contributed by atoms with E-state index in [1.54, 1.807) is 24.3 Å². The SMILES string of the molecule is Cc1ccc(/C=C/C(=O)Oc2ccc3c(C)cc(=O)oc3c2)cc1. The van der Waals surface area contributed by atoms with Gasteiger partial charge < -0.3 is 9.15 Å². The molecule has 0 saturated carbocycles. The van der Waals surface area contributed by atoms with Crippen molar-refractivity contribution in [1.29, 1.82) is 0 Å².